The molecule has 0 aliphatic carbocycles. The summed E-state index contributed by atoms with van der Waals surface area (Å²) < 4.78 is 1.22. The van der Waals surface area contributed by atoms with Crippen LogP contribution in [0.1, 0.15) is 47.4 Å². The van der Waals surface area contributed by atoms with E-state index in [2.05, 4.69) is 17.1 Å². The quantitative estimate of drug-likeness (QED) is 0.697. The molecule has 7 nitrogen and oxygen atoms in total. The van der Waals surface area contributed by atoms with Gasteiger partial charge in [0.1, 0.15) is 0 Å². The summed E-state index contributed by atoms with van der Waals surface area (Å²) in [6.45, 7) is 3.94. The number of amides is 1. The molecule has 0 saturated heterocycles. The van der Waals surface area contributed by atoms with Gasteiger partial charge < -0.3 is 10.0 Å². The van der Waals surface area contributed by atoms with Crippen LogP contribution in [0.4, 0.5) is 0 Å². The van der Waals surface area contributed by atoms with Crippen molar-refractivity contribution in [2.45, 2.75) is 31.8 Å². The van der Waals surface area contributed by atoms with Crippen LogP contribution in [0.5, 0.6) is 5.75 Å². The van der Waals surface area contributed by atoms with E-state index in [1.54, 1.807) is 11.0 Å². The molecule has 1 aliphatic heterocycles. The number of aromatic amines is 1. The fourth-order valence-electron chi connectivity index (χ4n) is 4.08. The Morgan fingerprint density at radius 1 is 1.10 bits per heavy atom. The van der Waals surface area contributed by atoms with E-state index in [-0.39, 0.29) is 24.2 Å². The van der Waals surface area contributed by atoms with E-state index in [4.69, 9.17) is 0 Å². The van der Waals surface area contributed by atoms with Crippen molar-refractivity contribution in [2.24, 2.45) is 0 Å². The Bertz CT molecular complexity index is 1140. The van der Waals surface area contributed by atoms with Crippen molar-refractivity contribution in [3.05, 3.63) is 98.3 Å². The third kappa shape index (κ3) is 3.16. The number of benzene rings is 1. The number of nitrogens with one attached hydrogen (secondary N) is 1. The first-order valence-electron chi connectivity index (χ1n) is 9.72. The fraction of sp³-hybridized carbons (Fsp3) is 0.261. The number of carbonyl (C=O) groups excluding carboxylic acids is 1. The first-order valence-corrected chi connectivity index (χ1v) is 9.72. The molecule has 3 aromatic rings. The van der Waals surface area contributed by atoms with Gasteiger partial charge >= 0.3 is 5.69 Å². The average Bonchev–Trinajstić information content (AvgIpc) is 2.74. The van der Waals surface area contributed by atoms with E-state index >= 15 is 0 Å². The molecule has 2 N–H and O–H groups in total. The molecule has 0 radical (unpaired) electrons. The Morgan fingerprint density at radius 2 is 1.83 bits per heavy atom. The fourth-order valence-corrected chi connectivity index (χ4v) is 4.08. The van der Waals surface area contributed by atoms with Gasteiger partial charge in [-0.2, -0.15) is 0 Å². The van der Waals surface area contributed by atoms with Crippen LogP contribution in [-0.2, 0) is 0 Å². The number of rotatable bonds is 4. The Morgan fingerprint density at radius 3 is 2.47 bits per heavy atom. The second kappa shape index (κ2) is 7.56. The van der Waals surface area contributed by atoms with Crippen LogP contribution in [0, 0.1) is 12.1 Å². The third-order valence-electron chi connectivity index (χ3n) is 5.47. The Balaban J connectivity index is 2.02. The zero-order valence-electron chi connectivity index (χ0n) is 16.6. The van der Waals surface area contributed by atoms with Crippen LogP contribution in [0.2, 0.25) is 0 Å². The summed E-state index contributed by atoms with van der Waals surface area (Å²) in [7, 11) is 0. The SMILES string of the molecule is CC(C)N1C[C@H](C(c2c#cccc2)c2ccccc2)n2c(c(O)c(=O)[nH]c2=O)C1=O. The van der Waals surface area contributed by atoms with E-state index < -0.39 is 28.9 Å². The number of H-pyrrole nitrogens is 1. The smallest absolute Gasteiger partial charge is 0.329 e. The van der Waals surface area contributed by atoms with Crippen molar-refractivity contribution in [3.8, 4) is 5.75 Å². The summed E-state index contributed by atoms with van der Waals surface area (Å²) in [4.78, 5) is 41.7. The maximum Gasteiger partial charge on any atom is 0.329 e. The van der Waals surface area contributed by atoms with E-state index in [0.29, 0.717) is 0 Å². The van der Waals surface area contributed by atoms with Gasteiger partial charge in [0.15, 0.2) is 5.69 Å². The normalized spacial score (nSPS) is 15.9. The van der Waals surface area contributed by atoms with Crippen LogP contribution in [0.15, 0.2) is 58.1 Å². The van der Waals surface area contributed by atoms with Crippen LogP contribution in [-0.4, -0.2) is 38.1 Å². The van der Waals surface area contributed by atoms with Gasteiger partial charge in [0.05, 0.1) is 6.04 Å². The molecule has 0 spiro atoms. The highest BCUT2D eigenvalue weighted by Crippen LogP contribution is 2.38. The monoisotopic (exact) mass is 403 g/mol. The first-order chi connectivity index (χ1) is 14.4. The largest absolute Gasteiger partial charge is 0.501 e. The zero-order chi connectivity index (χ0) is 21.4. The van der Waals surface area contributed by atoms with Crippen molar-refractivity contribution >= 4 is 5.91 Å². The minimum Gasteiger partial charge on any atom is -0.501 e. The summed E-state index contributed by atoms with van der Waals surface area (Å²) in [5, 5.41) is 10.4. The topological polar surface area (TPSA) is 95.4 Å². The molecule has 1 amide bonds. The highest BCUT2D eigenvalue weighted by atomic mass is 16.3. The van der Waals surface area contributed by atoms with Crippen molar-refractivity contribution in [2.75, 3.05) is 6.54 Å². The van der Waals surface area contributed by atoms with E-state index in [1.807, 2.05) is 56.3 Å². The lowest BCUT2D eigenvalue weighted by molar-refractivity contribution is 0.0581. The number of nitrogens with zero attached hydrogens (tertiary/aromatic N) is 2. The number of aromatic hydroxyl groups is 1. The number of hydrogen-bond acceptors (Lipinski definition) is 4. The summed E-state index contributed by atoms with van der Waals surface area (Å²) in [6, 6.07) is 20.4. The lowest BCUT2D eigenvalue weighted by Crippen LogP contribution is -2.53. The molecule has 30 heavy (non-hydrogen) atoms. The summed E-state index contributed by atoms with van der Waals surface area (Å²) >= 11 is 0. The molecule has 0 saturated carbocycles. The van der Waals surface area contributed by atoms with Crippen molar-refractivity contribution in [3.63, 3.8) is 0 Å². The molecule has 0 fully saturated rings. The number of aromatic nitrogens is 2. The first kappa shape index (κ1) is 19.5. The molecule has 7 heteroatoms. The molecule has 152 valence electrons. The highest BCUT2D eigenvalue weighted by Gasteiger charge is 2.41. The average molecular weight is 403 g/mol. The highest BCUT2D eigenvalue weighted by molar-refractivity contribution is 5.96. The van der Waals surface area contributed by atoms with Crippen molar-refractivity contribution in [1.29, 1.82) is 0 Å². The Hall–Kier alpha value is -3.79. The summed E-state index contributed by atoms with van der Waals surface area (Å²) in [5.41, 5.74) is -0.278. The number of fused-ring (bicyclic) bond motifs is 1. The maximum atomic E-state index is 13.1. The van der Waals surface area contributed by atoms with E-state index in [0.717, 1.165) is 11.1 Å². The molecule has 2 atom stereocenters. The molecule has 2 aromatic carbocycles. The lowest BCUT2D eigenvalue weighted by atomic mass is 9.84. The standard InChI is InChI=1S/C23H21N3O4/c1-14(2)25-13-17(26-19(22(25)29)20(27)21(28)24-23(26)30)18(15-9-5-3-6-10-15)16-11-7-4-8-12-16/h3-7,9-11,14,17-18,27H,13H2,1-2H3,(H,24,28,30)/t17-,18?/m1/s1. The molecule has 2 heterocycles. The van der Waals surface area contributed by atoms with Gasteiger partial charge in [0.2, 0.25) is 5.75 Å². The van der Waals surface area contributed by atoms with Gasteiger partial charge in [0.25, 0.3) is 11.5 Å². The number of hydrogen-bond donors (Lipinski definition) is 2. The molecular formula is C23H21N3O4. The third-order valence-corrected chi connectivity index (χ3v) is 5.47. The van der Waals surface area contributed by atoms with E-state index in [9.17, 15) is 19.5 Å². The summed E-state index contributed by atoms with van der Waals surface area (Å²) in [5.74, 6) is -1.65. The number of carbonyl (C=O) groups is 1. The van der Waals surface area contributed by atoms with Gasteiger partial charge in [0, 0.05) is 24.1 Å². The lowest BCUT2D eigenvalue weighted by Gasteiger charge is -2.40. The predicted molar refractivity (Wildman–Crippen MR) is 111 cm³/mol. The van der Waals surface area contributed by atoms with Crippen LogP contribution in [0.3, 0.4) is 0 Å². The maximum absolute atomic E-state index is 13.1. The van der Waals surface area contributed by atoms with Crippen LogP contribution in [0.25, 0.3) is 0 Å². The Kier molecular flexibility index (Phi) is 4.92. The van der Waals surface area contributed by atoms with Crippen LogP contribution < -0.4 is 11.2 Å². The van der Waals surface area contributed by atoms with Gasteiger partial charge in [-0.25, -0.2) is 4.79 Å². The molecule has 1 aliphatic rings. The van der Waals surface area contributed by atoms with Gasteiger partial charge in [-0.05, 0) is 31.5 Å². The molecular weight excluding hydrogens is 382 g/mol. The summed E-state index contributed by atoms with van der Waals surface area (Å²) in [6.07, 6.45) is 0. The molecule has 1 aromatic heterocycles. The molecule has 4 rings (SSSR count). The second-order valence-corrected chi connectivity index (χ2v) is 7.58. The zero-order valence-corrected chi connectivity index (χ0v) is 16.6. The van der Waals surface area contributed by atoms with Crippen molar-refractivity contribution in [1.82, 2.24) is 14.5 Å². The van der Waals surface area contributed by atoms with Crippen molar-refractivity contribution < 1.29 is 9.90 Å². The minimum atomic E-state index is -0.972. The van der Waals surface area contributed by atoms with Crippen LogP contribution >= 0.6 is 0 Å². The minimum absolute atomic E-state index is 0.190. The van der Waals surface area contributed by atoms with Gasteiger partial charge in [-0.1, -0.05) is 48.5 Å². The van der Waals surface area contributed by atoms with Gasteiger partial charge in [-0.15, -0.1) is 0 Å². The predicted octanol–water partition coefficient (Wildman–Crippen LogP) is 2.08. The van der Waals surface area contributed by atoms with E-state index in [1.165, 1.54) is 4.57 Å². The molecule has 0 bridgehead atoms. The Labute approximate surface area is 173 Å². The van der Waals surface area contributed by atoms with Gasteiger partial charge in [-0.3, -0.25) is 19.1 Å². The second-order valence-electron chi connectivity index (χ2n) is 7.58. The molecule has 1 unspecified atom stereocenters.